The maximum absolute atomic E-state index is 13.4. The Hall–Kier alpha value is -4.09. The molecule has 8 heteroatoms. The number of anilines is 1. The molecule has 0 bridgehead atoms. The van der Waals surface area contributed by atoms with Crippen molar-refractivity contribution in [3.8, 4) is 17.6 Å². The molecule has 0 fully saturated rings. The van der Waals surface area contributed by atoms with E-state index in [0.29, 0.717) is 38.7 Å². The van der Waals surface area contributed by atoms with Crippen molar-refractivity contribution in [1.29, 1.82) is 5.26 Å². The van der Waals surface area contributed by atoms with E-state index in [9.17, 15) is 10.1 Å². The van der Waals surface area contributed by atoms with Gasteiger partial charge in [0.1, 0.15) is 22.4 Å². The fraction of sp³-hybridized carbons (Fsp3) is 0.222. The Labute approximate surface area is 206 Å². The van der Waals surface area contributed by atoms with Crippen LogP contribution in [0.5, 0.6) is 11.5 Å². The lowest BCUT2D eigenvalue weighted by molar-refractivity contribution is 0.102. The predicted molar refractivity (Wildman–Crippen MR) is 135 cm³/mol. The summed E-state index contributed by atoms with van der Waals surface area (Å²) in [6, 6.07) is 16.6. The summed E-state index contributed by atoms with van der Waals surface area (Å²) in [6.07, 6.45) is 3.98. The number of carbonyl (C=O) groups is 1. The Morgan fingerprint density at radius 2 is 1.91 bits per heavy atom. The van der Waals surface area contributed by atoms with E-state index in [2.05, 4.69) is 11.4 Å². The molecule has 4 aromatic rings. The fourth-order valence-electron chi connectivity index (χ4n) is 4.24. The summed E-state index contributed by atoms with van der Waals surface area (Å²) >= 11 is 1.50. The van der Waals surface area contributed by atoms with Gasteiger partial charge in [0.2, 0.25) is 5.55 Å². The fourth-order valence-corrected chi connectivity index (χ4v) is 5.45. The average molecular weight is 486 g/mol. The molecule has 35 heavy (non-hydrogen) atoms. The van der Waals surface area contributed by atoms with Gasteiger partial charge in [0.05, 0.1) is 19.8 Å². The number of hydrogen-bond acceptors (Lipinski definition) is 7. The monoisotopic (exact) mass is 485 g/mol. The highest BCUT2D eigenvalue weighted by atomic mass is 32.1. The Morgan fingerprint density at radius 3 is 2.66 bits per heavy atom. The van der Waals surface area contributed by atoms with Gasteiger partial charge in [-0.3, -0.25) is 4.79 Å². The third-order valence-corrected chi connectivity index (χ3v) is 7.20. The highest BCUT2D eigenvalue weighted by Gasteiger charge is 2.22. The molecule has 2 aromatic carbocycles. The standard InChI is InChI=1S/C27H23N3O4S/c1-32-18-12-10-17(11-13-18)29-25(31)20-14-16-6-5-8-22(33-2)24(16)34-26(20)30-27-21(15-28)19-7-3-4-9-23(19)35-27/h5-6,8,10-14H,3-4,7,9H2,1-2H3,(H,29,31)/b30-26-. The first-order chi connectivity index (χ1) is 17.1. The Morgan fingerprint density at radius 1 is 1.11 bits per heavy atom. The normalized spacial score (nSPS) is 13.2. The Bertz CT molecular complexity index is 1530. The van der Waals surface area contributed by atoms with E-state index in [-0.39, 0.29) is 17.0 Å². The number of ether oxygens (including phenoxy) is 2. The van der Waals surface area contributed by atoms with Gasteiger partial charge in [-0.1, -0.05) is 12.1 Å². The van der Waals surface area contributed by atoms with E-state index in [1.807, 2.05) is 12.1 Å². The van der Waals surface area contributed by atoms with Crippen LogP contribution in [0.3, 0.4) is 0 Å². The van der Waals surface area contributed by atoms with Crippen LogP contribution in [-0.2, 0) is 12.8 Å². The molecule has 1 amide bonds. The summed E-state index contributed by atoms with van der Waals surface area (Å²) in [5, 5.41) is 14.0. The highest BCUT2D eigenvalue weighted by molar-refractivity contribution is 7.16. The van der Waals surface area contributed by atoms with E-state index in [0.717, 1.165) is 31.2 Å². The highest BCUT2D eigenvalue weighted by Crippen LogP contribution is 2.39. The predicted octanol–water partition coefficient (Wildman–Crippen LogP) is 5.75. The van der Waals surface area contributed by atoms with Crippen molar-refractivity contribution >= 4 is 38.9 Å². The molecule has 2 heterocycles. The van der Waals surface area contributed by atoms with Crippen LogP contribution >= 0.6 is 11.3 Å². The molecule has 1 aliphatic carbocycles. The molecule has 7 nitrogen and oxygen atoms in total. The number of hydrogen-bond donors (Lipinski definition) is 1. The van der Waals surface area contributed by atoms with Gasteiger partial charge < -0.3 is 19.2 Å². The smallest absolute Gasteiger partial charge is 0.261 e. The number of nitrogens with one attached hydrogen (secondary N) is 1. The van der Waals surface area contributed by atoms with Gasteiger partial charge in [0, 0.05) is 16.0 Å². The zero-order chi connectivity index (χ0) is 24.4. The van der Waals surface area contributed by atoms with Crippen molar-refractivity contribution in [2.24, 2.45) is 4.99 Å². The molecule has 0 spiro atoms. The van der Waals surface area contributed by atoms with Crippen LogP contribution in [0, 0.1) is 11.3 Å². The first-order valence-electron chi connectivity index (χ1n) is 11.3. The number of methoxy groups -OCH3 is 2. The first kappa shape index (κ1) is 22.7. The summed E-state index contributed by atoms with van der Waals surface area (Å²) in [7, 11) is 3.15. The van der Waals surface area contributed by atoms with Crippen LogP contribution in [0.25, 0.3) is 11.0 Å². The van der Waals surface area contributed by atoms with Crippen molar-refractivity contribution in [3.05, 3.63) is 75.7 Å². The van der Waals surface area contributed by atoms with Gasteiger partial charge in [-0.25, -0.2) is 4.99 Å². The lowest BCUT2D eigenvalue weighted by atomic mass is 9.96. The summed E-state index contributed by atoms with van der Waals surface area (Å²) < 4.78 is 16.8. The Balaban J connectivity index is 1.67. The number of amides is 1. The molecule has 0 saturated heterocycles. The number of fused-ring (bicyclic) bond motifs is 2. The first-order valence-corrected chi connectivity index (χ1v) is 12.1. The minimum absolute atomic E-state index is 0.128. The SMILES string of the molecule is COc1ccc(NC(=O)c2cc3cccc(OC)c3o/c2=N\c2sc3c(c2C#N)CCCC3)cc1. The summed E-state index contributed by atoms with van der Waals surface area (Å²) in [5.74, 6) is 0.853. The lowest BCUT2D eigenvalue weighted by Gasteiger charge is -2.09. The van der Waals surface area contributed by atoms with E-state index in [4.69, 9.17) is 18.9 Å². The third kappa shape index (κ3) is 4.38. The molecule has 176 valence electrons. The van der Waals surface area contributed by atoms with Crippen molar-refractivity contribution in [3.63, 3.8) is 0 Å². The van der Waals surface area contributed by atoms with Crippen molar-refractivity contribution in [1.82, 2.24) is 0 Å². The molecular formula is C27H23N3O4S. The van der Waals surface area contributed by atoms with Crippen LogP contribution in [0.1, 0.15) is 39.2 Å². The van der Waals surface area contributed by atoms with Crippen LogP contribution in [0.15, 0.2) is 57.9 Å². The number of nitriles is 1. The molecule has 1 aliphatic rings. The van der Waals surface area contributed by atoms with Crippen LogP contribution in [0.4, 0.5) is 10.7 Å². The van der Waals surface area contributed by atoms with Crippen molar-refractivity contribution in [2.45, 2.75) is 25.7 Å². The number of aryl methyl sites for hydroxylation is 1. The molecule has 0 unspecified atom stereocenters. The molecule has 1 N–H and O–H groups in total. The molecule has 5 rings (SSSR count). The number of para-hydroxylation sites is 1. The third-order valence-electron chi connectivity index (χ3n) is 6.02. The maximum Gasteiger partial charge on any atom is 0.261 e. The summed E-state index contributed by atoms with van der Waals surface area (Å²) in [5.41, 5.74) is 3.12. The quantitative estimate of drug-likeness (QED) is 0.388. The van der Waals surface area contributed by atoms with E-state index in [1.165, 1.54) is 16.2 Å². The van der Waals surface area contributed by atoms with Crippen molar-refractivity contribution in [2.75, 3.05) is 19.5 Å². The number of nitrogens with zero attached hydrogens (tertiary/aromatic N) is 2. The summed E-state index contributed by atoms with van der Waals surface area (Å²) in [4.78, 5) is 19.3. The van der Waals surface area contributed by atoms with Gasteiger partial charge in [-0.05, 0) is 67.6 Å². The second-order valence-corrected chi connectivity index (χ2v) is 9.22. The molecule has 0 aliphatic heterocycles. The minimum atomic E-state index is -0.373. The zero-order valence-corrected chi connectivity index (χ0v) is 20.2. The molecule has 0 saturated carbocycles. The number of benzene rings is 2. The van der Waals surface area contributed by atoms with E-state index < -0.39 is 0 Å². The van der Waals surface area contributed by atoms with Gasteiger partial charge in [-0.2, -0.15) is 5.26 Å². The van der Waals surface area contributed by atoms with E-state index in [1.54, 1.807) is 50.6 Å². The lowest BCUT2D eigenvalue weighted by Crippen LogP contribution is -2.21. The maximum atomic E-state index is 13.4. The average Bonchev–Trinajstić information content (AvgIpc) is 3.25. The minimum Gasteiger partial charge on any atom is -0.497 e. The number of rotatable bonds is 5. The van der Waals surface area contributed by atoms with Gasteiger partial charge in [-0.15, -0.1) is 11.3 Å². The second-order valence-electron chi connectivity index (χ2n) is 8.14. The zero-order valence-electron chi connectivity index (χ0n) is 19.4. The molecule has 0 atom stereocenters. The van der Waals surface area contributed by atoms with Crippen LogP contribution in [-0.4, -0.2) is 20.1 Å². The second kappa shape index (κ2) is 9.65. The van der Waals surface area contributed by atoms with Crippen LogP contribution in [0.2, 0.25) is 0 Å². The van der Waals surface area contributed by atoms with E-state index >= 15 is 0 Å². The van der Waals surface area contributed by atoms with Crippen molar-refractivity contribution < 1.29 is 18.7 Å². The molecular weight excluding hydrogens is 462 g/mol. The Kier molecular flexibility index (Phi) is 6.25. The topological polar surface area (TPSA) is 96.8 Å². The summed E-state index contributed by atoms with van der Waals surface area (Å²) in [6.45, 7) is 0. The van der Waals surface area contributed by atoms with Gasteiger partial charge in [0.15, 0.2) is 11.3 Å². The number of thiophene rings is 1. The molecule has 0 radical (unpaired) electrons. The number of carbonyl (C=O) groups excluding carboxylic acids is 1. The van der Waals surface area contributed by atoms with Crippen LogP contribution < -0.4 is 20.3 Å². The van der Waals surface area contributed by atoms with Gasteiger partial charge >= 0.3 is 0 Å². The molecule has 2 aromatic heterocycles. The van der Waals surface area contributed by atoms with Gasteiger partial charge in [0.25, 0.3) is 5.91 Å². The largest absolute Gasteiger partial charge is 0.497 e.